The van der Waals surface area contributed by atoms with Gasteiger partial charge >= 0.3 is 11.9 Å². The van der Waals surface area contributed by atoms with Gasteiger partial charge in [-0.25, -0.2) is 9.59 Å². The minimum atomic E-state index is -0.476. The summed E-state index contributed by atoms with van der Waals surface area (Å²) in [6.07, 6.45) is 20.4. The first-order valence-electron chi connectivity index (χ1n) is 14.1. The fourth-order valence-electron chi connectivity index (χ4n) is 4.60. The van der Waals surface area contributed by atoms with Crippen LogP contribution in [-0.2, 0) is 14.3 Å². The van der Waals surface area contributed by atoms with Crippen LogP contribution < -0.4 is 0 Å². The number of ketones is 1. The highest BCUT2D eigenvalue weighted by Crippen LogP contribution is 2.16. The topological polar surface area (TPSA) is 69.7 Å². The summed E-state index contributed by atoms with van der Waals surface area (Å²) in [5.74, 6) is -0.527. The number of hydrogen-bond acceptors (Lipinski definition) is 5. The average molecular weight is 487 g/mol. The lowest BCUT2D eigenvalue weighted by atomic mass is 10.0. The Bertz CT molecular complexity index is 742. The first-order chi connectivity index (χ1) is 17.2. The summed E-state index contributed by atoms with van der Waals surface area (Å²) in [4.78, 5) is 37.1. The zero-order chi connectivity index (χ0) is 25.0. The summed E-state index contributed by atoms with van der Waals surface area (Å²) in [5.41, 5.74) is 0.541. The van der Waals surface area contributed by atoms with E-state index in [2.05, 4.69) is 0 Å². The number of carbonyl (C=O) groups excluding carboxylic acids is 3. The first-order valence-corrected chi connectivity index (χ1v) is 14.1. The third-order valence-electron chi connectivity index (χ3n) is 6.78. The second-order valence-electron chi connectivity index (χ2n) is 9.87. The van der Waals surface area contributed by atoms with Gasteiger partial charge < -0.3 is 9.47 Å². The Kier molecular flexibility index (Phi) is 15.8. The van der Waals surface area contributed by atoms with Crippen molar-refractivity contribution in [2.45, 2.75) is 122 Å². The van der Waals surface area contributed by atoms with Crippen molar-refractivity contribution in [3.8, 4) is 0 Å². The van der Waals surface area contributed by atoms with Gasteiger partial charge in [-0.1, -0.05) is 95.6 Å². The van der Waals surface area contributed by atoms with E-state index in [1.807, 2.05) is 0 Å². The van der Waals surface area contributed by atoms with Gasteiger partial charge in [-0.2, -0.15) is 0 Å². The van der Waals surface area contributed by atoms with Gasteiger partial charge in [0, 0.05) is 12.8 Å². The molecule has 0 fully saturated rings. The normalized spacial score (nSPS) is 20.5. The SMILES string of the molecule is O=C1CCCCCCCCCCCCCCOC(=O)c2ccccc2C(=O)OCCCCCCC1. The van der Waals surface area contributed by atoms with Gasteiger partial charge in [0.25, 0.3) is 0 Å². The molecular formula is C30H46O5. The molecule has 5 nitrogen and oxygen atoms in total. The van der Waals surface area contributed by atoms with E-state index in [1.165, 1.54) is 51.4 Å². The van der Waals surface area contributed by atoms with Crippen molar-refractivity contribution < 1.29 is 23.9 Å². The van der Waals surface area contributed by atoms with Gasteiger partial charge in [-0.15, -0.1) is 0 Å². The van der Waals surface area contributed by atoms with Crippen molar-refractivity contribution in [3.63, 3.8) is 0 Å². The number of esters is 2. The van der Waals surface area contributed by atoms with Crippen molar-refractivity contribution in [3.05, 3.63) is 35.4 Å². The molecule has 0 atom stereocenters. The van der Waals surface area contributed by atoms with Crippen LogP contribution in [0.25, 0.3) is 0 Å². The maximum atomic E-state index is 12.5. The molecule has 1 aliphatic rings. The van der Waals surface area contributed by atoms with Crippen LogP contribution in [0.5, 0.6) is 0 Å². The molecule has 0 amide bonds. The first kappa shape index (κ1) is 29.1. The number of fused-ring (bicyclic) bond motifs is 1. The Balaban J connectivity index is 1.78. The molecule has 1 aromatic rings. The van der Waals surface area contributed by atoms with E-state index in [-0.39, 0.29) is 11.1 Å². The van der Waals surface area contributed by atoms with E-state index in [0.717, 1.165) is 64.2 Å². The zero-order valence-electron chi connectivity index (χ0n) is 21.7. The molecule has 0 aromatic heterocycles. The summed E-state index contributed by atoms with van der Waals surface area (Å²) < 4.78 is 10.8. The van der Waals surface area contributed by atoms with Crippen molar-refractivity contribution in [1.29, 1.82) is 0 Å². The van der Waals surface area contributed by atoms with Gasteiger partial charge in [0.2, 0.25) is 0 Å². The zero-order valence-corrected chi connectivity index (χ0v) is 21.7. The molecule has 0 radical (unpaired) electrons. The van der Waals surface area contributed by atoms with Crippen molar-refractivity contribution in [2.75, 3.05) is 13.2 Å². The smallest absolute Gasteiger partial charge is 0.339 e. The van der Waals surface area contributed by atoms with Crippen LogP contribution in [-0.4, -0.2) is 30.9 Å². The monoisotopic (exact) mass is 486 g/mol. The molecular weight excluding hydrogens is 440 g/mol. The molecule has 1 aliphatic heterocycles. The number of cyclic esters (lactones) is 2. The predicted octanol–water partition coefficient (Wildman–Crippen LogP) is 7.99. The van der Waals surface area contributed by atoms with E-state index < -0.39 is 11.9 Å². The molecule has 0 N–H and O–H groups in total. The third kappa shape index (κ3) is 13.5. The summed E-state index contributed by atoms with van der Waals surface area (Å²) in [6.45, 7) is 0.717. The predicted molar refractivity (Wildman–Crippen MR) is 140 cm³/mol. The second kappa shape index (κ2) is 19.1. The van der Waals surface area contributed by atoms with Crippen LogP contribution >= 0.6 is 0 Å². The summed E-state index contributed by atoms with van der Waals surface area (Å²) >= 11 is 0. The standard InChI is InChI=1S/C30H46O5/c31-26-20-14-10-7-5-3-1-2-4-6-8-12-18-24-34-29(32)27-22-16-17-23-28(27)30(33)35-25-19-13-9-11-15-21-26/h16-17,22-23H,1-15,18-21,24-25H2. The summed E-state index contributed by atoms with van der Waals surface area (Å²) in [6, 6.07) is 6.71. The summed E-state index contributed by atoms with van der Waals surface area (Å²) in [7, 11) is 0. The van der Waals surface area contributed by atoms with Crippen molar-refractivity contribution in [1.82, 2.24) is 0 Å². The number of carbonyl (C=O) groups is 3. The molecule has 1 heterocycles. The largest absolute Gasteiger partial charge is 0.462 e. The van der Waals surface area contributed by atoms with Gasteiger partial charge in [0.15, 0.2) is 0 Å². The number of benzene rings is 1. The van der Waals surface area contributed by atoms with Gasteiger partial charge in [-0.05, 0) is 37.8 Å². The fourth-order valence-corrected chi connectivity index (χ4v) is 4.60. The molecule has 5 heteroatoms. The van der Waals surface area contributed by atoms with Crippen LogP contribution in [0.2, 0.25) is 0 Å². The molecule has 1 aromatic carbocycles. The molecule has 2 rings (SSSR count). The molecule has 35 heavy (non-hydrogen) atoms. The van der Waals surface area contributed by atoms with Gasteiger partial charge in [0.05, 0.1) is 24.3 Å². The van der Waals surface area contributed by atoms with Crippen LogP contribution in [0.4, 0.5) is 0 Å². The van der Waals surface area contributed by atoms with Gasteiger partial charge in [0.1, 0.15) is 5.78 Å². The van der Waals surface area contributed by atoms with Crippen molar-refractivity contribution >= 4 is 17.7 Å². The molecule has 0 spiro atoms. The lowest BCUT2D eigenvalue weighted by Gasteiger charge is -2.10. The van der Waals surface area contributed by atoms with Crippen LogP contribution in [0, 0.1) is 0 Å². The highest BCUT2D eigenvalue weighted by Gasteiger charge is 2.18. The van der Waals surface area contributed by atoms with Crippen LogP contribution in [0.3, 0.4) is 0 Å². The quantitative estimate of drug-likeness (QED) is 0.347. The molecule has 0 saturated carbocycles. The molecule has 0 unspecified atom stereocenters. The molecule has 196 valence electrons. The third-order valence-corrected chi connectivity index (χ3v) is 6.78. The van der Waals surface area contributed by atoms with Crippen molar-refractivity contribution in [2.24, 2.45) is 0 Å². The highest BCUT2D eigenvalue weighted by molar-refractivity contribution is 6.03. The second-order valence-corrected chi connectivity index (χ2v) is 9.87. The number of hydrogen-bond donors (Lipinski definition) is 0. The Hall–Kier alpha value is -2.17. The number of Topliss-reactive ketones (excluding diaryl/α,β-unsaturated/α-hetero) is 1. The van der Waals surface area contributed by atoms with Gasteiger partial charge in [-0.3, -0.25) is 4.79 Å². The fraction of sp³-hybridized carbons (Fsp3) is 0.700. The highest BCUT2D eigenvalue weighted by atomic mass is 16.5. The van der Waals surface area contributed by atoms with Crippen LogP contribution in [0.15, 0.2) is 24.3 Å². The lowest BCUT2D eigenvalue weighted by Crippen LogP contribution is -2.15. The molecule has 0 aliphatic carbocycles. The average Bonchev–Trinajstić information content (AvgIpc) is 2.87. The van der Waals surface area contributed by atoms with Crippen LogP contribution in [0.1, 0.15) is 143 Å². The van der Waals surface area contributed by atoms with E-state index >= 15 is 0 Å². The van der Waals surface area contributed by atoms with E-state index in [4.69, 9.17) is 9.47 Å². The number of ether oxygens (including phenoxy) is 2. The maximum Gasteiger partial charge on any atom is 0.339 e. The van der Waals surface area contributed by atoms with E-state index in [1.54, 1.807) is 24.3 Å². The molecule has 0 bridgehead atoms. The molecule has 0 saturated heterocycles. The summed E-state index contributed by atoms with van der Waals surface area (Å²) in [5, 5.41) is 0. The maximum absolute atomic E-state index is 12.5. The Morgan fingerprint density at radius 1 is 0.429 bits per heavy atom. The Labute approximate surface area is 212 Å². The Morgan fingerprint density at radius 2 is 0.743 bits per heavy atom. The van der Waals surface area contributed by atoms with E-state index in [9.17, 15) is 14.4 Å². The minimum absolute atomic E-state index is 0.268. The minimum Gasteiger partial charge on any atom is -0.462 e. The van der Waals surface area contributed by atoms with E-state index in [0.29, 0.717) is 25.4 Å². The Morgan fingerprint density at radius 3 is 1.11 bits per heavy atom. The lowest BCUT2D eigenvalue weighted by molar-refractivity contribution is -0.119. The number of rotatable bonds is 0.